The molecule has 1 unspecified atom stereocenters. The average molecular weight is 254 g/mol. The van der Waals surface area contributed by atoms with Crippen molar-refractivity contribution in [2.75, 3.05) is 39.3 Å². The number of nitrogens with two attached hydrogens (primary N) is 1. The highest BCUT2D eigenvalue weighted by atomic mass is 15.3. The molecule has 1 atom stereocenters. The summed E-state index contributed by atoms with van der Waals surface area (Å²) in [5.41, 5.74) is 6.05. The normalized spacial score (nSPS) is 21.7. The van der Waals surface area contributed by atoms with E-state index in [1.807, 2.05) is 0 Å². The highest BCUT2D eigenvalue weighted by Crippen LogP contribution is 2.14. The number of piperidine rings is 1. The van der Waals surface area contributed by atoms with Crippen molar-refractivity contribution in [3.8, 4) is 0 Å². The molecule has 0 spiro atoms. The zero-order valence-corrected chi connectivity index (χ0v) is 12.4. The minimum Gasteiger partial charge on any atom is -0.370 e. The molecule has 1 heterocycles. The smallest absolute Gasteiger partial charge is 0.191 e. The Balaban J connectivity index is 2.24. The lowest BCUT2D eigenvalue weighted by Crippen LogP contribution is -2.43. The molecule has 0 saturated carbocycles. The number of nitrogens with zero attached hydrogens (tertiary/aromatic N) is 3. The molecule has 1 aliphatic rings. The molecule has 0 amide bonds. The lowest BCUT2D eigenvalue weighted by atomic mass is 10.0. The first-order chi connectivity index (χ1) is 8.67. The fourth-order valence-electron chi connectivity index (χ4n) is 2.53. The third kappa shape index (κ3) is 5.25. The lowest BCUT2D eigenvalue weighted by Gasteiger charge is -2.31. The monoisotopic (exact) mass is 254 g/mol. The fraction of sp³-hybridized carbons (Fsp3) is 0.929. The Bertz CT molecular complexity index is 248. The van der Waals surface area contributed by atoms with Crippen LogP contribution in [0.15, 0.2) is 4.99 Å². The van der Waals surface area contributed by atoms with Crippen LogP contribution in [0, 0.1) is 5.92 Å². The Morgan fingerprint density at radius 2 is 2.11 bits per heavy atom. The van der Waals surface area contributed by atoms with Gasteiger partial charge in [0.1, 0.15) is 0 Å². The molecule has 0 aromatic heterocycles. The third-order valence-corrected chi connectivity index (χ3v) is 3.78. The van der Waals surface area contributed by atoms with Gasteiger partial charge in [0.25, 0.3) is 0 Å². The van der Waals surface area contributed by atoms with Crippen molar-refractivity contribution in [2.24, 2.45) is 16.6 Å². The van der Waals surface area contributed by atoms with Crippen molar-refractivity contribution in [1.82, 2.24) is 9.80 Å². The number of likely N-dealkylation sites (tertiary alicyclic amines) is 1. The molecular weight excluding hydrogens is 224 g/mol. The summed E-state index contributed by atoms with van der Waals surface area (Å²) in [5.74, 6) is 1.50. The number of guanidine groups is 1. The van der Waals surface area contributed by atoms with E-state index in [-0.39, 0.29) is 0 Å². The second kappa shape index (κ2) is 8.35. The van der Waals surface area contributed by atoms with Crippen LogP contribution >= 0.6 is 0 Å². The van der Waals surface area contributed by atoms with Crippen LogP contribution in [0.3, 0.4) is 0 Å². The van der Waals surface area contributed by atoms with Gasteiger partial charge < -0.3 is 15.5 Å². The molecule has 106 valence electrons. The molecule has 1 fully saturated rings. The maximum Gasteiger partial charge on any atom is 0.191 e. The molecule has 0 bridgehead atoms. The van der Waals surface area contributed by atoms with Gasteiger partial charge in [0.2, 0.25) is 0 Å². The van der Waals surface area contributed by atoms with Crippen LogP contribution in [0.25, 0.3) is 0 Å². The molecule has 18 heavy (non-hydrogen) atoms. The molecule has 0 aliphatic carbocycles. The Hall–Kier alpha value is -0.770. The molecule has 0 radical (unpaired) electrons. The molecule has 4 heteroatoms. The van der Waals surface area contributed by atoms with Crippen molar-refractivity contribution in [1.29, 1.82) is 0 Å². The summed E-state index contributed by atoms with van der Waals surface area (Å²) < 4.78 is 0. The van der Waals surface area contributed by atoms with Crippen molar-refractivity contribution < 1.29 is 0 Å². The summed E-state index contributed by atoms with van der Waals surface area (Å²) in [6.45, 7) is 13.1. The van der Waals surface area contributed by atoms with Crippen molar-refractivity contribution >= 4 is 5.96 Å². The van der Waals surface area contributed by atoms with Gasteiger partial charge in [0.05, 0.1) is 0 Å². The van der Waals surface area contributed by atoms with Gasteiger partial charge in [-0.1, -0.05) is 20.8 Å². The van der Waals surface area contributed by atoms with Crippen molar-refractivity contribution in [3.05, 3.63) is 0 Å². The maximum atomic E-state index is 6.05. The largest absolute Gasteiger partial charge is 0.370 e. The molecule has 1 rings (SSSR count). The lowest BCUT2D eigenvalue weighted by molar-refractivity contribution is 0.269. The highest BCUT2D eigenvalue weighted by Gasteiger charge is 2.17. The second-order valence-electron chi connectivity index (χ2n) is 5.31. The van der Waals surface area contributed by atoms with Gasteiger partial charge in [-0.05, 0) is 44.8 Å². The van der Waals surface area contributed by atoms with Crippen LogP contribution in [0.1, 0.15) is 40.0 Å². The number of rotatable bonds is 6. The van der Waals surface area contributed by atoms with E-state index in [1.54, 1.807) is 0 Å². The van der Waals surface area contributed by atoms with Gasteiger partial charge in [0.15, 0.2) is 5.96 Å². The fourth-order valence-corrected chi connectivity index (χ4v) is 2.53. The summed E-state index contributed by atoms with van der Waals surface area (Å²) in [6, 6.07) is 0. The molecule has 0 aromatic carbocycles. The van der Waals surface area contributed by atoms with E-state index < -0.39 is 0 Å². The first-order valence-electron chi connectivity index (χ1n) is 7.44. The van der Waals surface area contributed by atoms with Gasteiger partial charge >= 0.3 is 0 Å². The molecule has 4 nitrogen and oxygen atoms in total. The Labute approximate surface area is 112 Å². The zero-order chi connectivity index (χ0) is 13.4. The zero-order valence-electron chi connectivity index (χ0n) is 12.4. The SMILES string of the molecule is CCN(CC)CCCN=C(N)N1CCCC(C)C1. The van der Waals surface area contributed by atoms with Gasteiger partial charge in [-0.3, -0.25) is 4.99 Å². The molecule has 1 saturated heterocycles. The van der Waals surface area contributed by atoms with Gasteiger partial charge in [0, 0.05) is 19.6 Å². The predicted octanol–water partition coefficient (Wildman–Crippen LogP) is 1.76. The Kier molecular flexibility index (Phi) is 7.09. The number of hydrogen-bond donors (Lipinski definition) is 1. The van der Waals surface area contributed by atoms with Crippen LogP contribution in [0.5, 0.6) is 0 Å². The van der Waals surface area contributed by atoms with E-state index in [0.29, 0.717) is 0 Å². The highest BCUT2D eigenvalue weighted by molar-refractivity contribution is 5.78. The topological polar surface area (TPSA) is 44.9 Å². The Morgan fingerprint density at radius 1 is 1.39 bits per heavy atom. The molecule has 1 aliphatic heterocycles. The minimum atomic E-state index is 0.751. The van der Waals surface area contributed by atoms with Crippen LogP contribution < -0.4 is 5.73 Å². The quantitative estimate of drug-likeness (QED) is 0.446. The van der Waals surface area contributed by atoms with Crippen molar-refractivity contribution in [2.45, 2.75) is 40.0 Å². The van der Waals surface area contributed by atoms with E-state index in [9.17, 15) is 0 Å². The standard InChI is InChI=1S/C14H30N4/c1-4-17(5-2)10-7-9-16-14(15)18-11-6-8-13(3)12-18/h13H,4-12H2,1-3H3,(H2,15,16). The van der Waals surface area contributed by atoms with E-state index in [4.69, 9.17) is 5.73 Å². The summed E-state index contributed by atoms with van der Waals surface area (Å²) in [7, 11) is 0. The summed E-state index contributed by atoms with van der Waals surface area (Å²) in [4.78, 5) is 9.18. The predicted molar refractivity (Wildman–Crippen MR) is 78.9 cm³/mol. The van der Waals surface area contributed by atoms with Gasteiger partial charge in [-0.15, -0.1) is 0 Å². The van der Waals surface area contributed by atoms with Gasteiger partial charge in [-0.2, -0.15) is 0 Å². The summed E-state index contributed by atoms with van der Waals surface area (Å²) in [5, 5.41) is 0. The minimum absolute atomic E-state index is 0.751. The van der Waals surface area contributed by atoms with Crippen LogP contribution in [-0.2, 0) is 0 Å². The first-order valence-corrected chi connectivity index (χ1v) is 7.44. The Morgan fingerprint density at radius 3 is 2.72 bits per heavy atom. The van der Waals surface area contributed by atoms with Crippen LogP contribution in [-0.4, -0.2) is 55.0 Å². The average Bonchev–Trinajstić information content (AvgIpc) is 2.38. The molecule has 0 aromatic rings. The van der Waals surface area contributed by atoms with E-state index in [2.05, 4.69) is 35.6 Å². The van der Waals surface area contributed by atoms with Gasteiger partial charge in [-0.25, -0.2) is 0 Å². The molecular formula is C14H30N4. The summed E-state index contributed by atoms with van der Waals surface area (Å²) >= 11 is 0. The number of aliphatic imine (C=N–C) groups is 1. The van der Waals surface area contributed by atoms with E-state index in [1.165, 1.54) is 12.8 Å². The van der Waals surface area contributed by atoms with Crippen molar-refractivity contribution in [3.63, 3.8) is 0 Å². The number of hydrogen-bond acceptors (Lipinski definition) is 2. The van der Waals surface area contributed by atoms with Crippen LogP contribution in [0.4, 0.5) is 0 Å². The molecule has 2 N–H and O–H groups in total. The first kappa shape index (κ1) is 15.3. The maximum absolute atomic E-state index is 6.05. The van der Waals surface area contributed by atoms with Crippen LogP contribution in [0.2, 0.25) is 0 Å². The summed E-state index contributed by atoms with van der Waals surface area (Å²) in [6.07, 6.45) is 3.67. The van der Waals surface area contributed by atoms with E-state index in [0.717, 1.165) is 57.6 Å². The van der Waals surface area contributed by atoms with E-state index >= 15 is 0 Å². The third-order valence-electron chi connectivity index (χ3n) is 3.78. The second-order valence-corrected chi connectivity index (χ2v) is 5.31.